The Hall–Kier alpha value is -2.51. The van der Waals surface area contributed by atoms with Crippen molar-refractivity contribution in [3.8, 4) is 17.6 Å². The number of nitrogens with one attached hydrogen (secondary N) is 1. The van der Waals surface area contributed by atoms with Crippen molar-refractivity contribution < 1.29 is 9.47 Å². The van der Waals surface area contributed by atoms with Gasteiger partial charge in [0, 0.05) is 18.5 Å². The molecule has 0 amide bonds. The molecule has 0 fully saturated rings. The fourth-order valence-electron chi connectivity index (χ4n) is 2.84. The smallest absolute Gasteiger partial charge is 0.161 e. The van der Waals surface area contributed by atoms with E-state index in [0.29, 0.717) is 18.8 Å². The van der Waals surface area contributed by atoms with E-state index in [1.165, 1.54) is 5.56 Å². The maximum Gasteiger partial charge on any atom is 0.161 e. The standard InChI is InChI=1S/C20H22N2O2/c1-20(2,14-22-13-16-5-3-4-15(10-16)12-21)17-6-7-18-19(11-17)24-9-8-23-18/h3-7,10-11,22H,8-9,13-14H2,1-2H3. The summed E-state index contributed by atoms with van der Waals surface area (Å²) < 4.78 is 11.3. The van der Waals surface area contributed by atoms with E-state index >= 15 is 0 Å². The van der Waals surface area contributed by atoms with Crippen LogP contribution in [0.4, 0.5) is 0 Å². The monoisotopic (exact) mass is 322 g/mol. The van der Waals surface area contributed by atoms with Gasteiger partial charge in [-0.25, -0.2) is 0 Å². The lowest BCUT2D eigenvalue weighted by Gasteiger charge is -2.28. The Kier molecular flexibility index (Phi) is 4.73. The second-order valence-corrected chi connectivity index (χ2v) is 6.66. The van der Waals surface area contributed by atoms with Crippen LogP contribution in [-0.4, -0.2) is 19.8 Å². The summed E-state index contributed by atoms with van der Waals surface area (Å²) in [5.74, 6) is 1.65. The second kappa shape index (κ2) is 6.94. The first-order chi connectivity index (χ1) is 11.6. The van der Waals surface area contributed by atoms with Crippen LogP contribution >= 0.6 is 0 Å². The molecule has 3 rings (SSSR count). The molecule has 0 radical (unpaired) electrons. The van der Waals surface area contributed by atoms with Gasteiger partial charge in [-0.15, -0.1) is 0 Å². The van der Waals surface area contributed by atoms with E-state index in [2.05, 4.69) is 37.4 Å². The van der Waals surface area contributed by atoms with E-state index in [1.54, 1.807) is 0 Å². The van der Waals surface area contributed by atoms with Gasteiger partial charge < -0.3 is 14.8 Å². The maximum atomic E-state index is 8.97. The summed E-state index contributed by atoms with van der Waals surface area (Å²) in [7, 11) is 0. The number of benzene rings is 2. The molecule has 1 aliphatic heterocycles. The zero-order chi connectivity index (χ0) is 17.0. The normalized spacial score (nSPS) is 13.4. The number of nitrogens with zero attached hydrogens (tertiary/aromatic N) is 1. The van der Waals surface area contributed by atoms with Gasteiger partial charge in [0.2, 0.25) is 0 Å². The number of ether oxygens (including phenoxy) is 2. The van der Waals surface area contributed by atoms with E-state index in [-0.39, 0.29) is 5.41 Å². The topological polar surface area (TPSA) is 54.3 Å². The van der Waals surface area contributed by atoms with E-state index in [4.69, 9.17) is 14.7 Å². The molecule has 4 nitrogen and oxygen atoms in total. The number of hydrogen-bond donors (Lipinski definition) is 1. The highest BCUT2D eigenvalue weighted by Crippen LogP contribution is 2.34. The van der Waals surface area contributed by atoms with Gasteiger partial charge in [0.25, 0.3) is 0 Å². The highest BCUT2D eigenvalue weighted by atomic mass is 16.6. The Bertz CT molecular complexity index is 762. The van der Waals surface area contributed by atoms with Crippen LogP contribution in [0.1, 0.15) is 30.5 Å². The Morgan fingerprint density at radius 3 is 2.67 bits per heavy atom. The van der Waals surface area contributed by atoms with Crippen molar-refractivity contribution in [2.24, 2.45) is 0 Å². The van der Waals surface area contributed by atoms with Crippen molar-refractivity contribution in [3.05, 3.63) is 59.2 Å². The van der Waals surface area contributed by atoms with Crippen molar-refractivity contribution in [3.63, 3.8) is 0 Å². The molecule has 4 heteroatoms. The minimum Gasteiger partial charge on any atom is -0.486 e. The zero-order valence-corrected chi connectivity index (χ0v) is 14.1. The Balaban J connectivity index is 1.64. The first-order valence-electron chi connectivity index (χ1n) is 8.18. The van der Waals surface area contributed by atoms with Gasteiger partial charge in [-0.1, -0.05) is 32.0 Å². The lowest BCUT2D eigenvalue weighted by atomic mass is 9.84. The summed E-state index contributed by atoms with van der Waals surface area (Å²) in [5.41, 5.74) is 2.99. The number of nitriles is 1. The lowest BCUT2D eigenvalue weighted by molar-refractivity contribution is 0.171. The fourth-order valence-corrected chi connectivity index (χ4v) is 2.84. The van der Waals surface area contributed by atoms with Gasteiger partial charge >= 0.3 is 0 Å². The Morgan fingerprint density at radius 1 is 1.08 bits per heavy atom. The molecule has 0 saturated heterocycles. The predicted octanol–water partition coefficient (Wildman–Crippen LogP) is 3.40. The van der Waals surface area contributed by atoms with Crippen LogP contribution in [0.2, 0.25) is 0 Å². The van der Waals surface area contributed by atoms with Gasteiger partial charge in [-0.2, -0.15) is 5.26 Å². The summed E-state index contributed by atoms with van der Waals surface area (Å²) in [5, 5.41) is 12.5. The van der Waals surface area contributed by atoms with Crippen molar-refractivity contribution in [1.82, 2.24) is 5.32 Å². The molecule has 0 spiro atoms. The molecule has 2 aromatic rings. The molecule has 0 saturated carbocycles. The minimum atomic E-state index is -0.0390. The van der Waals surface area contributed by atoms with Gasteiger partial charge in [-0.3, -0.25) is 0 Å². The van der Waals surface area contributed by atoms with Gasteiger partial charge in [0.05, 0.1) is 11.6 Å². The summed E-state index contributed by atoms with van der Waals surface area (Å²) in [6.45, 7) is 7.19. The van der Waals surface area contributed by atoms with Crippen LogP contribution in [0.15, 0.2) is 42.5 Å². The van der Waals surface area contributed by atoms with Gasteiger partial charge in [0.1, 0.15) is 13.2 Å². The Labute approximate surface area is 143 Å². The van der Waals surface area contributed by atoms with Gasteiger partial charge in [0.15, 0.2) is 11.5 Å². The highest BCUT2D eigenvalue weighted by molar-refractivity contribution is 5.45. The van der Waals surface area contributed by atoms with Crippen molar-refractivity contribution in [2.45, 2.75) is 25.8 Å². The number of fused-ring (bicyclic) bond motifs is 1. The fraction of sp³-hybridized carbons (Fsp3) is 0.350. The molecular weight excluding hydrogens is 300 g/mol. The largest absolute Gasteiger partial charge is 0.486 e. The summed E-state index contributed by atoms with van der Waals surface area (Å²) in [6.07, 6.45) is 0. The molecular formula is C20H22N2O2. The molecule has 0 bridgehead atoms. The third kappa shape index (κ3) is 3.69. The van der Waals surface area contributed by atoms with Crippen LogP contribution < -0.4 is 14.8 Å². The van der Waals surface area contributed by atoms with Crippen LogP contribution in [0.25, 0.3) is 0 Å². The maximum absolute atomic E-state index is 8.97. The third-order valence-corrected chi connectivity index (χ3v) is 4.28. The van der Waals surface area contributed by atoms with E-state index < -0.39 is 0 Å². The van der Waals surface area contributed by atoms with Crippen LogP contribution in [-0.2, 0) is 12.0 Å². The summed E-state index contributed by atoms with van der Waals surface area (Å²) in [4.78, 5) is 0. The van der Waals surface area contributed by atoms with Crippen molar-refractivity contribution in [2.75, 3.05) is 19.8 Å². The predicted molar refractivity (Wildman–Crippen MR) is 93.3 cm³/mol. The molecule has 0 aliphatic carbocycles. The number of hydrogen-bond acceptors (Lipinski definition) is 4. The lowest BCUT2D eigenvalue weighted by Crippen LogP contribution is -2.32. The molecule has 0 aromatic heterocycles. The van der Waals surface area contributed by atoms with Crippen molar-refractivity contribution in [1.29, 1.82) is 5.26 Å². The zero-order valence-electron chi connectivity index (χ0n) is 14.1. The average Bonchev–Trinajstić information content (AvgIpc) is 2.61. The summed E-state index contributed by atoms with van der Waals surface area (Å²) >= 11 is 0. The van der Waals surface area contributed by atoms with Crippen LogP contribution in [0, 0.1) is 11.3 Å². The molecule has 0 unspecified atom stereocenters. The van der Waals surface area contributed by atoms with Gasteiger partial charge in [-0.05, 0) is 35.4 Å². The molecule has 1 aliphatic rings. The molecule has 24 heavy (non-hydrogen) atoms. The van der Waals surface area contributed by atoms with Crippen LogP contribution in [0.3, 0.4) is 0 Å². The molecule has 1 heterocycles. The minimum absolute atomic E-state index is 0.0390. The first-order valence-corrected chi connectivity index (χ1v) is 8.18. The molecule has 124 valence electrons. The SMILES string of the molecule is CC(C)(CNCc1cccc(C#N)c1)c1ccc2c(c1)OCCO2. The number of rotatable bonds is 5. The Morgan fingerprint density at radius 2 is 1.88 bits per heavy atom. The molecule has 1 N–H and O–H groups in total. The second-order valence-electron chi connectivity index (χ2n) is 6.66. The highest BCUT2D eigenvalue weighted by Gasteiger charge is 2.23. The van der Waals surface area contributed by atoms with E-state index in [9.17, 15) is 0 Å². The quantitative estimate of drug-likeness (QED) is 0.917. The van der Waals surface area contributed by atoms with Crippen LogP contribution in [0.5, 0.6) is 11.5 Å². The van der Waals surface area contributed by atoms with E-state index in [1.807, 2.05) is 30.3 Å². The summed E-state index contributed by atoms with van der Waals surface area (Å²) in [6, 6.07) is 16.0. The van der Waals surface area contributed by atoms with Crippen molar-refractivity contribution >= 4 is 0 Å². The van der Waals surface area contributed by atoms with E-state index in [0.717, 1.165) is 30.2 Å². The molecule has 0 atom stereocenters. The average molecular weight is 322 g/mol. The molecule has 2 aromatic carbocycles. The third-order valence-electron chi connectivity index (χ3n) is 4.28. The first kappa shape index (κ1) is 16.4.